The van der Waals surface area contributed by atoms with Crippen LogP contribution in [0.15, 0.2) is 18.2 Å². The lowest BCUT2D eigenvalue weighted by atomic mass is 9.91. The van der Waals surface area contributed by atoms with E-state index >= 15 is 0 Å². The average Bonchev–Trinajstić information content (AvgIpc) is 2.28. The minimum Gasteiger partial charge on any atom is -0.486 e. The first-order chi connectivity index (χ1) is 7.63. The lowest BCUT2D eigenvalue weighted by Gasteiger charge is -2.26. The zero-order valence-corrected chi connectivity index (χ0v) is 9.82. The SMILES string of the molecule is CCCC(C)(O)c1ccc2c(c1)OCCO2. The van der Waals surface area contributed by atoms with Crippen molar-refractivity contribution in [1.29, 1.82) is 0 Å². The molecule has 0 bridgehead atoms. The number of benzene rings is 1. The molecule has 0 saturated carbocycles. The van der Waals surface area contributed by atoms with Gasteiger partial charge in [0.2, 0.25) is 0 Å². The third-order valence-electron chi connectivity index (χ3n) is 2.90. The predicted molar refractivity (Wildman–Crippen MR) is 61.9 cm³/mol. The van der Waals surface area contributed by atoms with Gasteiger partial charge in [0.1, 0.15) is 13.2 Å². The summed E-state index contributed by atoms with van der Waals surface area (Å²) >= 11 is 0. The van der Waals surface area contributed by atoms with Crippen molar-refractivity contribution in [3.8, 4) is 11.5 Å². The van der Waals surface area contributed by atoms with Crippen LogP contribution in [-0.4, -0.2) is 18.3 Å². The highest BCUT2D eigenvalue weighted by molar-refractivity contribution is 5.45. The van der Waals surface area contributed by atoms with E-state index in [4.69, 9.17) is 9.47 Å². The van der Waals surface area contributed by atoms with Crippen molar-refractivity contribution in [2.45, 2.75) is 32.3 Å². The van der Waals surface area contributed by atoms with Gasteiger partial charge in [-0.25, -0.2) is 0 Å². The molecule has 1 aliphatic rings. The summed E-state index contributed by atoms with van der Waals surface area (Å²) in [5.74, 6) is 1.50. The molecule has 1 aromatic carbocycles. The van der Waals surface area contributed by atoms with Gasteiger partial charge in [-0.15, -0.1) is 0 Å². The first kappa shape index (κ1) is 11.3. The van der Waals surface area contributed by atoms with Crippen LogP contribution in [0, 0.1) is 0 Å². The molecule has 1 N–H and O–H groups in total. The summed E-state index contributed by atoms with van der Waals surface area (Å²) in [5.41, 5.74) is 0.100. The van der Waals surface area contributed by atoms with Crippen molar-refractivity contribution >= 4 is 0 Å². The monoisotopic (exact) mass is 222 g/mol. The fourth-order valence-electron chi connectivity index (χ4n) is 2.01. The molecule has 0 saturated heterocycles. The third-order valence-corrected chi connectivity index (χ3v) is 2.90. The number of fused-ring (bicyclic) bond motifs is 1. The van der Waals surface area contributed by atoms with Crippen LogP contribution in [0.25, 0.3) is 0 Å². The summed E-state index contributed by atoms with van der Waals surface area (Å²) in [4.78, 5) is 0. The maximum Gasteiger partial charge on any atom is 0.161 e. The lowest BCUT2D eigenvalue weighted by Crippen LogP contribution is -2.22. The standard InChI is InChI=1S/C13H18O3/c1-3-6-13(2,14)10-4-5-11-12(9-10)16-8-7-15-11/h4-5,9,14H,3,6-8H2,1-2H3. The second-order valence-corrected chi connectivity index (χ2v) is 4.38. The fraction of sp³-hybridized carbons (Fsp3) is 0.538. The number of hydrogen-bond acceptors (Lipinski definition) is 3. The van der Waals surface area contributed by atoms with Crippen LogP contribution in [0.5, 0.6) is 11.5 Å². The van der Waals surface area contributed by atoms with E-state index in [2.05, 4.69) is 6.92 Å². The molecular formula is C13H18O3. The second-order valence-electron chi connectivity index (χ2n) is 4.38. The Hall–Kier alpha value is -1.22. The molecule has 16 heavy (non-hydrogen) atoms. The van der Waals surface area contributed by atoms with E-state index in [0.29, 0.717) is 13.2 Å². The Labute approximate surface area is 96.0 Å². The van der Waals surface area contributed by atoms with Gasteiger partial charge in [-0.2, -0.15) is 0 Å². The number of hydrogen-bond donors (Lipinski definition) is 1. The summed E-state index contributed by atoms with van der Waals surface area (Å²) in [5, 5.41) is 10.3. The van der Waals surface area contributed by atoms with Gasteiger partial charge in [0.25, 0.3) is 0 Å². The molecule has 3 heteroatoms. The Morgan fingerprint density at radius 1 is 1.25 bits per heavy atom. The van der Waals surface area contributed by atoms with Gasteiger partial charge in [-0.3, -0.25) is 0 Å². The van der Waals surface area contributed by atoms with Crippen LogP contribution in [0.4, 0.5) is 0 Å². The van der Waals surface area contributed by atoms with Crippen LogP contribution < -0.4 is 9.47 Å². The van der Waals surface area contributed by atoms with Crippen molar-refractivity contribution in [3.63, 3.8) is 0 Å². The van der Waals surface area contributed by atoms with E-state index in [1.165, 1.54) is 0 Å². The van der Waals surface area contributed by atoms with Gasteiger partial charge in [-0.1, -0.05) is 19.4 Å². The van der Waals surface area contributed by atoms with Crippen LogP contribution >= 0.6 is 0 Å². The minimum absolute atomic E-state index is 0.576. The molecule has 1 unspecified atom stereocenters. The van der Waals surface area contributed by atoms with E-state index in [0.717, 1.165) is 29.9 Å². The van der Waals surface area contributed by atoms with Crippen molar-refractivity contribution in [2.75, 3.05) is 13.2 Å². The fourth-order valence-corrected chi connectivity index (χ4v) is 2.01. The molecule has 1 atom stereocenters. The minimum atomic E-state index is -0.787. The molecule has 3 nitrogen and oxygen atoms in total. The van der Waals surface area contributed by atoms with Gasteiger partial charge in [-0.05, 0) is 31.0 Å². The first-order valence-corrected chi connectivity index (χ1v) is 5.76. The zero-order chi connectivity index (χ0) is 11.6. The molecule has 0 radical (unpaired) electrons. The maximum atomic E-state index is 10.3. The van der Waals surface area contributed by atoms with Gasteiger partial charge in [0.15, 0.2) is 11.5 Å². The van der Waals surface area contributed by atoms with Gasteiger partial charge < -0.3 is 14.6 Å². The molecule has 0 aromatic heterocycles. The number of aliphatic hydroxyl groups is 1. The first-order valence-electron chi connectivity index (χ1n) is 5.76. The van der Waals surface area contributed by atoms with Crippen LogP contribution in [-0.2, 0) is 5.60 Å². The lowest BCUT2D eigenvalue weighted by molar-refractivity contribution is 0.0463. The summed E-state index contributed by atoms with van der Waals surface area (Å²) < 4.78 is 10.9. The van der Waals surface area contributed by atoms with Crippen LogP contribution in [0.2, 0.25) is 0 Å². The molecule has 1 heterocycles. The Bertz CT molecular complexity index is 371. The Morgan fingerprint density at radius 2 is 1.94 bits per heavy atom. The zero-order valence-electron chi connectivity index (χ0n) is 9.82. The van der Waals surface area contributed by atoms with Crippen molar-refractivity contribution in [2.24, 2.45) is 0 Å². The number of ether oxygens (including phenoxy) is 2. The molecule has 1 aromatic rings. The summed E-state index contributed by atoms with van der Waals surface area (Å²) in [7, 11) is 0. The Balaban J connectivity index is 2.29. The molecule has 0 aliphatic carbocycles. The summed E-state index contributed by atoms with van der Waals surface area (Å²) in [6, 6.07) is 5.65. The summed E-state index contributed by atoms with van der Waals surface area (Å²) in [6.07, 6.45) is 1.69. The number of rotatable bonds is 3. The van der Waals surface area contributed by atoms with Crippen molar-refractivity contribution in [1.82, 2.24) is 0 Å². The molecule has 1 aliphatic heterocycles. The highest BCUT2D eigenvalue weighted by Gasteiger charge is 2.24. The van der Waals surface area contributed by atoms with E-state index < -0.39 is 5.60 Å². The van der Waals surface area contributed by atoms with Gasteiger partial charge in [0.05, 0.1) is 5.60 Å². The molecule has 0 spiro atoms. The third kappa shape index (κ3) is 2.14. The topological polar surface area (TPSA) is 38.7 Å². The normalized spacial score (nSPS) is 17.9. The van der Waals surface area contributed by atoms with Crippen LogP contribution in [0.3, 0.4) is 0 Å². The van der Waals surface area contributed by atoms with Crippen molar-refractivity contribution < 1.29 is 14.6 Å². The second kappa shape index (κ2) is 4.34. The van der Waals surface area contributed by atoms with E-state index in [1.54, 1.807) is 0 Å². The van der Waals surface area contributed by atoms with Crippen LogP contribution in [0.1, 0.15) is 32.3 Å². The smallest absolute Gasteiger partial charge is 0.161 e. The van der Waals surface area contributed by atoms with Gasteiger partial charge >= 0.3 is 0 Å². The molecular weight excluding hydrogens is 204 g/mol. The quantitative estimate of drug-likeness (QED) is 0.853. The van der Waals surface area contributed by atoms with E-state index in [-0.39, 0.29) is 0 Å². The predicted octanol–water partition coefficient (Wildman–Crippen LogP) is 2.47. The molecule has 88 valence electrons. The maximum absolute atomic E-state index is 10.3. The highest BCUT2D eigenvalue weighted by Crippen LogP contribution is 2.35. The molecule has 2 rings (SSSR count). The van der Waals surface area contributed by atoms with E-state index in [9.17, 15) is 5.11 Å². The van der Waals surface area contributed by atoms with Gasteiger partial charge in [0, 0.05) is 0 Å². The Morgan fingerprint density at radius 3 is 2.62 bits per heavy atom. The van der Waals surface area contributed by atoms with Crippen molar-refractivity contribution in [3.05, 3.63) is 23.8 Å². The van der Waals surface area contributed by atoms with E-state index in [1.807, 2.05) is 25.1 Å². The largest absolute Gasteiger partial charge is 0.486 e. The summed E-state index contributed by atoms with van der Waals surface area (Å²) in [6.45, 7) is 5.07. The Kier molecular flexibility index (Phi) is 3.06. The highest BCUT2D eigenvalue weighted by atomic mass is 16.6. The molecule has 0 fully saturated rings. The molecule has 0 amide bonds. The average molecular weight is 222 g/mol.